The lowest BCUT2D eigenvalue weighted by molar-refractivity contribution is -0.137. The molecule has 0 radical (unpaired) electrons. The van der Waals surface area contributed by atoms with Gasteiger partial charge in [0, 0.05) is 12.4 Å². The van der Waals surface area contributed by atoms with E-state index in [9.17, 15) is 4.79 Å². The number of nitrogens with one attached hydrogen (secondary N) is 1. The zero-order valence-electron chi connectivity index (χ0n) is 5.82. The molecular formula is C6H9N3O2. The van der Waals surface area contributed by atoms with Gasteiger partial charge in [-0.05, 0) is 0 Å². The summed E-state index contributed by atoms with van der Waals surface area (Å²) in [5.74, 6) is -0.415. The summed E-state index contributed by atoms with van der Waals surface area (Å²) >= 11 is 0. The summed E-state index contributed by atoms with van der Waals surface area (Å²) in [6.45, 7) is 0. The van der Waals surface area contributed by atoms with E-state index < -0.39 is 12.0 Å². The molecule has 0 saturated carbocycles. The van der Waals surface area contributed by atoms with Gasteiger partial charge in [-0.3, -0.25) is 4.79 Å². The monoisotopic (exact) mass is 155 g/mol. The zero-order chi connectivity index (χ0) is 8.27. The van der Waals surface area contributed by atoms with Gasteiger partial charge in [-0.2, -0.15) is 0 Å². The van der Waals surface area contributed by atoms with Crippen molar-refractivity contribution < 1.29 is 9.90 Å². The largest absolute Gasteiger partial charge is 0.481 e. The number of carbonyl (C=O) groups is 1. The van der Waals surface area contributed by atoms with E-state index in [-0.39, 0.29) is 6.42 Å². The fraction of sp³-hybridized carbons (Fsp3) is 0.333. The van der Waals surface area contributed by atoms with Gasteiger partial charge >= 0.3 is 5.97 Å². The first-order chi connectivity index (χ1) is 5.20. The van der Waals surface area contributed by atoms with Gasteiger partial charge in [0.05, 0.1) is 12.5 Å². The second-order valence-corrected chi connectivity index (χ2v) is 2.18. The summed E-state index contributed by atoms with van der Waals surface area (Å²) in [7, 11) is 0. The van der Waals surface area contributed by atoms with Crippen molar-refractivity contribution in [1.29, 1.82) is 0 Å². The Morgan fingerprint density at radius 2 is 2.64 bits per heavy atom. The Morgan fingerprint density at radius 3 is 3.09 bits per heavy atom. The number of nitrogens with two attached hydrogens (primary N) is 1. The number of aromatic nitrogens is 2. The van der Waals surface area contributed by atoms with E-state index in [2.05, 4.69) is 9.97 Å². The molecular weight excluding hydrogens is 146 g/mol. The van der Waals surface area contributed by atoms with E-state index in [4.69, 9.17) is 10.8 Å². The number of carboxylic acid groups (broad SMARTS) is 1. The molecule has 0 aliphatic carbocycles. The van der Waals surface area contributed by atoms with Crippen molar-refractivity contribution in [2.24, 2.45) is 5.73 Å². The lowest BCUT2D eigenvalue weighted by Crippen LogP contribution is -2.16. The third-order valence-corrected chi connectivity index (χ3v) is 1.27. The van der Waals surface area contributed by atoms with Crippen molar-refractivity contribution in [1.82, 2.24) is 9.97 Å². The normalized spacial score (nSPS) is 12.8. The van der Waals surface area contributed by atoms with E-state index in [0.29, 0.717) is 5.82 Å². The maximum Gasteiger partial charge on any atom is 0.305 e. The van der Waals surface area contributed by atoms with Crippen molar-refractivity contribution in [3.63, 3.8) is 0 Å². The first kappa shape index (κ1) is 7.74. The number of hydrogen-bond donors (Lipinski definition) is 3. The number of hydrogen-bond acceptors (Lipinski definition) is 3. The molecule has 5 nitrogen and oxygen atoms in total. The van der Waals surface area contributed by atoms with Crippen LogP contribution in [-0.2, 0) is 4.79 Å². The number of aliphatic carboxylic acids is 1. The van der Waals surface area contributed by atoms with Crippen LogP contribution in [0.3, 0.4) is 0 Å². The minimum absolute atomic E-state index is 0.104. The predicted molar refractivity (Wildman–Crippen MR) is 37.8 cm³/mol. The van der Waals surface area contributed by atoms with E-state index in [1.807, 2.05) is 0 Å². The molecule has 0 amide bonds. The fourth-order valence-electron chi connectivity index (χ4n) is 0.765. The van der Waals surface area contributed by atoms with Gasteiger partial charge in [0.1, 0.15) is 5.82 Å². The van der Waals surface area contributed by atoms with Gasteiger partial charge in [-0.1, -0.05) is 0 Å². The number of carboxylic acids is 1. The van der Waals surface area contributed by atoms with Crippen molar-refractivity contribution in [2.45, 2.75) is 12.5 Å². The molecule has 0 fully saturated rings. The highest BCUT2D eigenvalue weighted by Gasteiger charge is 2.11. The molecule has 0 saturated heterocycles. The van der Waals surface area contributed by atoms with Gasteiger partial charge in [0.25, 0.3) is 0 Å². The van der Waals surface area contributed by atoms with Crippen LogP contribution in [-0.4, -0.2) is 21.0 Å². The summed E-state index contributed by atoms with van der Waals surface area (Å²) < 4.78 is 0. The minimum Gasteiger partial charge on any atom is -0.481 e. The fourth-order valence-corrected chi connectivity index (χ4v) is 0.765. The Morgan fingerprint density at radius 1 is 1.91 bits per heavy atom. The highest BCUT2D eigenvalue weighted by Crippen LogP contribution is 2.06. The van der Waals surface area contributed by atoms with Crippen molar-refractivity contribution >= 4 is 5.97 Å². The molecule has 5 heteroatoms. The molecule has 0 bridgehead atoms. The third-order valence-electron chi connectivity index (χ3n) is 1.27. The van der Waals surface area contributed by atoms with Crippen LogP contribution in [0.15, 0.2) is 12.4 Å². The zero-order valence-corrected chi connectivity index (χ0v) is 5.82. The van der Waals surface area contributed by atoms with E-state index >= 15 is 0 Å². The Hall–Kier alpha value is -1.36. The molecule has 0 aliphatic heterocycles. The van der Waals surface area contributed by atoms with Crippen LogP contribution in [0.1, 0.15) is 18.3 Å². The molecule has 0 aliphatic rings. The second-order valence-electron chi connectivity index (χ2n) is 2.18. The first-order valence-corrected chi connectivity index (χ1v) is 3.17. The van der Waals surface area contributed by atoms with Gasteiger partial charge in [-0.15, -0.1) is 0 Å². The molecule has 1 aromatic heterocycles. The van der Waals surface area contributed by atoms with Crippen LogP contribution in [0.4, 0.5) is 0 Å². The Bertz CT molecular complexity index is 232. The molecule has 1 heterocycles. The van der Waals surface area contributed by atoms with Crippen LogP contribution in [0.2, 0.25) is 0 Å². The molecule has 1 unspecified atom stereocenters. The van der Waals surface area contributed by atoms with E-state index in [1.54, 1.807) is 6.20 Å². The Labute approximate surface area is 63.3 Å². The highest BCUT2D eigenvalue weighted by molar-refractivity contribution is 5.67. The van der Waals surface area contributed by atoms with Crippen LogP contribution in [0.25, 0.3) is 0 Å². The maximum absolute atomic E-state index is 10.2. The van der Waals surface area contributed by atoms with Crippen LogP contribution in [0.5, 0.6) is 0 Å². The van der Waals surface area contributed by atoms with Crippen LogP contribution in [0, 0.1) is 0 Å². The number of rotatable bonds is 3. The topological polar surface area (TPSA) is 92.0 Å². The first-order valence-electron chi connectivity index (χ1n) is 3.17. The summed E-state index contributed by atoms with van der Waals surface area (Å²) in [5, 5.41) is 8.36. The highest BCUT2D eigenvalue weighted by atomic mass is 16.4. The standard InChI is InChI=1S/C6H9N3O2/c7-4(3-5(10)11)6-8-1-2-9-6/h1-2,4H,3,7H2,(H,8,9)(H,10,11). The van der Waals surface area contributed by atoms with Gasteiger partial charge in [0.15, 0.2) is 0 Å². The maximum atomic E-state index is 10.2. The molecule has 0 aromatic carbocycles. The smallest absolute Gasteiger partial charge is 0.305 e. The summed E-state index contributed by atoms with van der Waals surface area (Å²) in [4.78, 5) is 16.8. The average Bonchev–Trinajstić information content (AvgIpc) is 2.35. The molecule has 1 rings (SSSR count). The van der Waals surface area contributed by atoms with E-state index in [0.717, 1.165) is 0 Å². The number of aromatic amines is 1. The third kappa shape index (κ3) is 2.05. The van der Waals surface area contributed by atoms with Gasteiger partial charge in [-0.25, -0.2) is 4.98 Å². The molecule has 1 atom stereocenters. The van der Waals surface area contributed by atoms with Gasteiger partial charge < -0.3 is 15.8 Å². The quantitative estimate of drug-likeness (QED) is 0.567. The average molecular weight is 155 g/mol. The van der Waals surface area contributed by atoms with Crippen molar-refractivity contribution in [2.75, 3.05) is 0 Å². The lowest BCUT2D eigenvalue weighted by Gasteiger charge is -2.03. The Kier molecular flexibility index (Phi) is 2.22. The summed E-state index contributed by atoms with van der Waals surface area (Å²) in [6.07, 6.45) is 3.04. The molecule has 4 N–H and O–H groups in total. The van der Waals surface area contributed by atoms with Crippen molar-refractivity contribution in [3.8, 4) is 0 Å². The summed E-state index contributed by atoms with van der Waals surface area (Å²) in [5.41, 5.74) is 5.47. The molecule has 60 valence electrons. The predicted octanol–water partition coefficient (Wildman–Crippen LogP) is -0.116. The number of imidazole rings is 1. The number of nitrogens with zero attached hydrogens (tertiary/aromatic N) is 1. The van der Waals surface area contributed by atoms with Crippen molar-refractivity contribution in [3.05, 3.63) is 18.2 Å². The molecule has 11 heavy (non-hydrogen) atoms. The summed E-state index contributed by atoms with van der Waals surface area (Å²) in [6, 6.07) is -0.539. The van der Waals surface area contributed by atoms with Crippen LogP contribution >= 0.6 is 0 Å². The second kappa shape index (κ2) is 3.16. The van der Waals surface area contributed by atoms with Crippen LogP contribution < -0.4 is 5.73 Å². The van der Waals surface area contributed by atoms with E-state index in [1.165, 1.54) is 6.20 Å². The Balaban J connectivity index is 2.56. The lowest BCUT2D eigenvalue weighted by atomic mass is 10.2. The number of H-pyrrole nitrogens is 1. The molecule has 1 aromatic rings. The van der Waals surface area contributed by atoms with Gasteiger partial charge in [0.2, 0.25) is 0 Å². The molecule has 0 spiro atoms. The SMILES string of the molecule is NC(CC(=O)O)c1ncc[nH]1. The minimum atomic E-state index is -0.922.